The summed E-state index contributed by atoms with van der Waals surface area (Å²) >= 11 is 5.00. The summed E-state index contributed by atoms with van der Waals surface area (Å²) in [6.07, 6.45) is 2.35. The van der Waals surface area contributed by atoms with E-state index in [-0.39, 0.29) is 6.61 Å². The molecule has 1 aromatic carbocycles. The topological polar surface area (TPSA) is 46.3 Å². The second-order valence-corrected chi connectivity index (χ2v) is 5.69. The molecule has 18 heavy (non-hydrogen) atoms. The van der Waals surface area contributed by atoms with E-state index in [2.05, 4.69) is 20.9 Å². The van der Waals surface area contributed by atoms with E-state index in [1.54, 1.807) is 17.6 Å². The number of thiazole rings is 1. The highest BCUT2D eigenvalue weighted by atomic mass is 79.9. The first-order chi connectivity index (χ1) is 8.79. The third-order valence-electron chi connectivity index (χ3n) is 2.70. The summed E-state index contributed by atoms with van der Waals surface area (Å²) in [6.45, 7) is 0.131. The van der Waals surface area contributed by atoms with E-state index < -0.39 is 0 Å². The first kappa shape index (κ1) is 11.9. The number of hydrogen-bond acceptors (Lipinski definition) is 4. The summed E-state index contributed by atoms with van der Waals surface area (Å²) < 4.78 is 6.32. The lowest BCUT2D eigenvalue weighted by molar-refractivity contribution is 0.300. The summed E-state index contributed by atoms with van der Waals surface area (Å²) in [4.78, 5) is 5.54. The van der Waals surface area contributed by atoms with Gasteiger partial charge in [0.25, 0.3) is 0 Å². The van der Waals surface area contributed by atoms with E-state index in [0.717, 1.165) is 31.0 Å². The largest absolute Gasteiger partial charge is 0.464 e. The van der Waals surface area contributed by atoms with Crippen molar-refractivity contribution in [2.45, 2.75) is 6.42 Å². The Morgan fingerprint density at radius 2 is 2.17 bits per heavy atom. The van der Waals surface area contributed by atoms with Crippen molar-refractivity contribution >= 4 is 38.2 Å². The van der Waals surface area contributed by atoms with Gasteiger partial charge in [-0.15, -0.1) is 11.3 Å². The monoisotopic (exact) mass is 323 g/mol. The van der Waals surface area contributed by atoms with Gasteiger partial charge in [0.15, 0.2) is 0 Å². The highest BCUT2D eigenvalue weighted by Gasteiger charge is 2.14. The van der Waals surface area contributed by atoms with Crippen molar-refractivity contribution in [2.24, 2.45) is 0 Å². The molecular formula is C13H10BrNO2S. The highest BCUT2D eigenvalue weighted by molar-refractivity contribution is 9.10. The average Bonchev–Trinajstić information content (AvgIpc) is 2.94. The molecule has 0 aliphatic heterocycles. The molecule has 0 unspecified atom stereocenters. The zero-order valence-corrected chi connectivity index (χ0v) is 11.8. The molecule has 0 saturated carbocycles. The molecule has 0 atom stereocenters. The fourth-order valence-corrected chi connectivity index (χ4v) is 3.54. The van der Waals surface area contributed by atoms with Crippen LogP contribution in [0.3, 0.4) is 0 Å². The summed E-state index contributed by atoms with van der Waals surface area (Å²) in [5.74, 6) is 0. The van der Waals surface area contributed by atoms with Crippen molar-refractivity contribution < 1.29 is 9.52 Å². The van der Waals surface area contributed by atoms with Gasteiger partial charge in [0.05, 0.1) is 5.56 Å². The SMILES string of the molecule is OCCc1sc(-c2coc3ccccc23)nc1Br. The van der Waals surface area contributed by atoms with Crippen LogP contribution in [0.25, 0.3) is 21.5 Å². The van der Waals surface area contributed by atoms with E-state index in [1.807, 2.05) is 24.3 Å². The Morgan fingerprint density at radius 3 is 3.00 bits per heavy atom. The second-order valence-electron chi connectivity index (χ2n) is 3.85. The number of para-hydroxylation sites is 1. The third kappa shape index (κ3) is 1.98. The molecule has 2 aromatic heterocycles. The Bertz CT molecular complexity index is 689. The fraction of sp³-hybridized carbons (Fsp3) is 0.154. The van der Waals surface area contributed by atoms with Gasteiger partial charge < -0.3 is 9.52 Å². The Balaban J connectivity index is 2.11. The van der Waals surface area contributed by atoms with E-state index in [0.29, 0.717) is 6.42 Å². The Morgan fingerprint density at radius 1 is 1.33 bits per heavy atom. The predicted octanol–water partition coefficient (Wildman–Crippen LogP) is 3.85. The number of fused-ring (bicyclic) bond motifs is 1. The molecule has 92 valence electrons. The molecule has 0 aliphatic rings. The lowest BCUT2D eigenvalue weighted by Gasteiger charge is -1.91. The van der Waals surface area contributed by atoms with Crippen LogP contribution in [0.15, 0.2) is 39.5 Å². The fourth-order valence-electron chi connectivity index (χ4n) is 1.85. The van der Waals surface area contributed by atoms with E-state index in [1.165, 1.54) is 0 Å². The van der Waals surface area contributed by atoms with Gasteiger partial charge in [-0.2, -0.15) is 0 Å². The zero-order chi connectivity index (χ0) is 12.5. The van der Waals surface area contributed by atoms with E-state index in [4.69, 9.17) is 9.52 Å². The lowest BCUT2D eigenvalue weighted by Crippen LogP contribution is -1.86. The molecule has 2 heterocycles. The van der Waals surface area contributed by atoms with Crippen molar-refractivity contribution in [3.63, 3.8) is 0 Å². The van der Waals surface area contributed by atoms with Crippen LogP contribution in [0.4, 0.5) is 0 Å². The van der Waals surface area contributed by atoms with Gasteiger partial charge in [0.2, 0.25) is 0 Å². The van der Waals surface area contributed by atoms with Crippen LogP contribution in [-0.4, -0.2) is 16.7 Å². The Kier molecular flexibility index (Phi) is 3.20. The quantitative estimate of drug-likeness (QED) is 0.796. The van der Waals surface area contributed by atoms with Gasteiger partial charge in [-0.25, -0.2) is 4.98 Å². The molecule has 5 heteroatoms. The molecule has 0 bridgehead atoms. The molecule has 0 amide bonds. The van der Waals surface area contributed by atoms with Gasteiger partial charge in [-0.3, -0.25) is 0 Å². The van der Waals surface area contributed by atoms with Crippen molar-refractivity contribution in [1.29, 1.82) is 0 Å². The minimum atomic E-state index is 0.131. The van der Waals surface area contributed by atoms with Crippen molar-refractivity contribution in [2.75, 3.05) is 6.61 Å². The predicted molar refractivity (Wildman–Crippen MR) is 75.8 cm³/mol. The molecule has 0 radical (unpaired) electrons. The van der Waals surface area contributed by atoms with Gasteiger partial charge >= 0.3 is 0 Å². The zero-order valence-electron chi connectivity index (χ0n) is 9.39. The maximum Gasteiger partial charge on any atom is 0.134 e. The molecule has 0 spiro atoms. The molecular weight excluding hydrogens is 314 g/mol. The first-order valence-corrected chi connectivity index (χ1v) is 7.13. The molecule has 0 aliphatic carbocycles. The molecule has 3 rings (SSSR count). The van der Waals surface area contributed by atoms with Crippen molar-refractivity contribution in [3.05, 3.63) is 40.0 Å². The minimum absolute atomic E-state index is 0.131. The third-order valence-corrected chi connectivity index (χ3v) is 4.77. The number of halogens is 1. The Labute approximate surface area is 116 Å². The van der Waals surface area contributed by atoms with E-state index >= 15 is 0 Å². The van der Waals surface area contributed by atoms with Gasteiger partial charge in [0.1, 0.15) is 21.5 Å². The van der Waals surface area contributed by atoms with Crippen LogP contribution in [0.5, 0.6) is 0 Å². The van der Waals surface area contributed by atoms with Crippen LogP contribution in [0.1, 0.15) is 4.88 Å². The smallest absolute Gasteiger partial charge is 0.134 e. The standard InChI is InChI=1S/C13H10BrNO2S/c14-12-11(5-6-16)18-13(15-12)9-7-17-10-4-2-1-3-8(9)10/h1-4,7,16H,5-6H2. The minimum Gasteiger partial charge on any atom is -0.464 e. The number of aliphatic hydroxyl groups is 1. The molecule has 0 saturated heterocycles. The molecule has 0 fully saturated rings. The summed E-state index contributed by atoms with van der Waals surface area (Å²) in [6, 6.07) is 7.90. The number of rotatable bonds is 3. The first-order valence-electron chi connectivity index (χ1n) is 5.52. The van der Waals surface area contributed by atoms with Crippen LogP contribution in [-0.2, 0) is 6.42 Å². The maximum atomic E-state index is 9.00. The van der Waals surface area contributed by atoms with Gasteiger partial charge in [-0.05, 0) is 22.0 Å². The Hall–Kier alpha value is -1.17. The van der Waals surface area contributed by atoms with Gasteiger partial charge in [0, 0.05) is 23.3 Å². The molecule has 3 nitrogen and oxygen atoms in total. The van der Waals surface area contributed by atoms with Gasteiger partial charge in [-0.1, -0.05) is 18.2 Å². The van der Waals surface area contributed by atoms with Crippen LogP contribution in [0.2, 0.25) is 0 Å². The summed E-state index contributed by atoms with van der Waals surface area (Å²) in [7, 11) is 0. The number of furan rings is 1. The average molecular weight is 324 g/mol. The highest BCUT2D eigenvalue weighted by Crippen LogP contribution is 2.36. The second kappa shape index (κ2) is 4.84. The number of nitrogens with zero attached hydrogens (tertiary/aromatic N) is 1. The van der Waals surface area contributed by atoms with Crippen LogP contribution >= 0.6 is 27.3 Å². The maximum absolute atomic E-state index is 9.00. The number of aliphatic hydroxyl groups excluding tert-OH is 1. The van der Waals surface area contributed by atoms with Crippen molar-refractivity contribution in [1.82, 2.24) is 4.98 Å². The number of benzene rings is 1. The number of hydrogen-bond donors (Lipinski definition) is 1. The van der Waals surface area contributed by atoms with Crippen molar-refractivity contribution in [3.8, 4) is 10.6 Å². The van der Waals surface area contributed by atoms with E-state index in [9.17, 15) is 0 Å². The lowest BCUT2D eigenvalue weighted by atomic mass is 10.2. The molecule has 3 aromatic rings. The number of aromatic nitrogens is 1. The molecule has 1 N–H and O–H groups in total. The van der Waals surface area contributed by atoms with Crippen LogP contribution < -0.4 is 0 Å². The summed E-state index contributed by atoms with van der Waals surface area (Å²) in [5.41, 5.74) is 1.86. The summed E-state index contributed by atoms with van der Waals surface area (Å²) in [5, 5.41) is 11.0. The van der Waals surface area contributed by atoms with Crippen LogP contribution in [0, 0.1) is 0 Å². The normalized spacial score (nSPS) is 11.2.